The van der Waals surface area contributed by atoms with Crippen LogP contribution in [0.15, 0.2) is 53.4 Å². The lowest BCUT2D eigenvalue weighted by Crippen LogP contribution is -2.51. The van der Waals surface area contributed by atoms with Crippen molar-refractivity contribution in [1.82, 2.24) is 9.21 Å². The first kappa shape index (κ1) is 19.5. The van der Waals surface area contributed by atoms with Gasteiger partial charge < -0.3 is 15.0 Å². The third-order valence-electron chi connectivity index (χ3n) is 4.30. The summed E-state index contributed by atoms with van der Waals surface area (Å²) in [5.74, 6) is 0.645. The van der Waals surface area contributed by atoms with Crippen molar-refractivity contribution in [2.75, 3.05) is 38.6 Å². The molecular weight excluding hydrogens is 390 g/mol. The van der Waals surface area contributed by atoms with Gasteiger partial charge in [-0.05, 0) is 36.4 Å². The Morgan fingerprint density at radius 1 is 1.07 bits per heavy atom. The zero-order chi connectivity index (χ0) is 19.4. The van der Waals surface area contributed by atoms with Crippen molar-refractivity contribution >= 4 is 33.3 Å². The van der Waals surface area contributed by atoms with E-state index in [1.54, 1.807) is 48.4 Å². The van der Waals surface area contributed by atoms with Gasteiger partial charge in [-0.2, -0.15) is 4.31 Å². The van der Waals surface area contributed by atoms with Gasteiger partial charge in [0.15, 0.2) is 0 Å². The quantitative estimate of drug-likeness (QED) is 0.842. The van der Waals surface area contributed by atoms with Gasteiger partial charge in [0.1, 0.15) is 5.75 Å². The predicted molar refractivity (Wildman–Crippen MR) is 104 cm³/mol. The molecule has 2 aromatic rings. The highest BCUT2D eigenvalue weighted by Gasteiger charge is 2.30. The summed E-state index contributed by atoms with van der Waals surface area (Å²) in [4.78, 5) is 14.2. The van der Waals surface area contributed by atoms with Crippen LogP contribution in [-0.4, -0.2) is 56.9 Å². The fourth-order valence-electron chi connectivity index (χ4n) is 2.79. The molecule has 1 fully saturated rings. The highest BCUT2D eigenvalue weighted by molar-refractivity contribution is 7.89. The van der Waals surface area contributed by atoms with Crippen molar-refractivity contribution in [3.05, 3.63) is 53.6 Å². The van der Waals surface area contributed by atoms with E-state index in [-0.39, 0.29) is 24.0 Å². The second-order valence-corrected chi connectivity index (χ2v) is 8.38. The van der Waals surface area contributed by atoms with E-state index in [9.17, 15) is 13.2 Å². The highest BCUT2D eigenvalue weighted by atomic mass is 35.5. The van der Waals surface area contributed by atoms with E-state index in [0.29, 0.717) is 29.5 Å². The number of halogens is 1. The lowest BCUT2D eigenvalue weighted by atomic mass is 10.3. The van der Waals surface area contributed by atoms with Crippen molar-refractivity contribution in [3.63, 3.8) is 0 Å². The lowest BCUT2D eigenvalue weighted by Gasteiger charge is -2.34. The van der Waals surface area contributed by atoms with Gasteiger partial charge in [0.2, 0.25) is 10.0 Å². The number of anilines is 1. The normalized spacial score (nSPS) is 15.4. The molecular formula is C18H20ClN3O4S. The summed E-state index contributed by atoms with van der Waals surface area (Å²) in [5.41, 5.74) is 0.621. The topological polar surface area (TPSA) is 79.0 Å². The van der Waals surface area contributed by atoms with Crippen LogP contribution in [0.2, 0.25) is 5.02 Å². The molecule has 1 aliphatic rings. The minimum absolute atomic E-state index is 0.196. The van der Waals surface area contributed by atoms with Crippen molar-refractivity contribution in [3.8, 4) is 5.75 Å². The number of methoxy groups -OCH3 is 1. The lowest BCUT2D eigenvalue weighted by molar-refractivity contribution is 0.184. The Balaban J connectivity index is 1.61. The molecule has 1 heterocycles. The molecule has 1 N–H and O–H groups in total. The standard InChI is InChI=1S/C18H20ClN3O4S/c1-26-16-4-2-3-15(13-16)20-18(23)21-9-11-22(12-10-21)27(24,25)17-7-5-14(19)6-8-17/h2-8,13H,9-12H2,1H3,(H,20,23). The van der Waals surface area contributed by atoms with Gasteiger partial charge in [-0.25, -0.2) is 13.2 Å². The van der Waals surface area contributed by atoms with Crippen LogP contribution in [0.5, 0.6) is 5.75 Å². The highest BCUT2D eigenvalue weighted by Crippen LogP contribution is 2.21. The van der Waals surface area contributed by atoms with Crippen LogP contribution in [0, 0.1) is 0 Å². The summed E-state index contributed by atoms with van der Waals surface area (Å²) in [6.07, 6.45) is 0. The summed E-state index contributed by atoms with van der Waals surface area (Å²) in [5, 5.41) is 3.28. The Kier molecular flexibility index (Phi) is 5.88. The molecule has 0 atom stereocenters. The summed E-state index contributed by atoms with van der Waals surface area (Å²) >= 11 is 5.82. The monoisotopic (exact) mass is 409 g/mol. The molecule has 144 valence electrons. The van der Waals surface area contributed by atoms with Crippen LogP contribution < -0.4 is 10.1 Å². The Morgan fingerprint density at radius 3 is 2.37 bits per heavy atom. The molecule has 0 spiro atoms. The van der Waals surface area contributed by atoms with Crippen LogP contribution in [0.3, 0.4) is 0 Å². The van der Waals surface area contributed by atoms with Gasteiger partial charge in [0.25, 0.3) is 0 Å². The number of rotatable bonds is 4. The molecule has 27 heavy (non-hydrogen) atoms. The molecule has 2 amide bonds. The largest absolute Gasteiger partial charge is 0.497 e. The number of amides is 2. The summed E-state index contributed by atoms with van der Waals surface area (Å²) in [7, 11) is -2.04. The number of hydrogen-bond donors (Lipinski definition) is 1. The summed E-state index contributed by atoms with van der Waals surface area (Å²) < 4.78 is 31.9. The van der Waals surface area contributed by atoms with Gasteiger partial charge >= 0.3 is 6.03 Å². The Hall–Kier alpha value is -2.29. The number of nitrogens with one attached hydrogen (secondary N) is 1. The molecule has 0 saturated carbocycles. The molecule has 0 aromatic heterocycles. The number of nitrogens with zero attached hydrogens (tertiary/aromatic N) is 2. The van der Waals surface area contributed by atoms with Crippen LogP contribution in [-0.2, 0) is 10.0 Å². The van der Waals surface area contributed by atoms with E-state index in [4.69, 9.17) is 16.3 Å². The molecule has 1 saturated heterocycles. The maximum Gasteiger partial charge on any atom is 0.321 e. The van der Waals surface area contributed by atoms with Crippen molar-refractivity contribution in [2.24, 2.45) is 0 Å². The van der Waals surface area contributed by atoms with E-state index < -0.39 is 10.0 Å². The second-order valence-electron chi connectivity index (χ2n) is 6.01. The Morgan fingerprint density at radius 2 is 1.74 bits per heavy atom. The van der Waals surface area contributed by atoms with E-state index in [0.717, 1.165) is 0 Å². The SMILES string of the molecule is COc1cccc(NC(=O)N2CCN(S(=O)(=O)c3ccc(Cl)cc3)CC2)c1. The fourth-order valence-corrected chi connectivity index (χ4v) is 4.34. The maximum atomic E-state index is 12.7. The number of ether oxygens (including phenoxy) is 1. The molecule has 2 aromatic carbocycles. The van der Waals surface area contributed by atoms with Gasteiger partial charge in [0, 0.05) is 43.0 Å². The van der Waals surface area contributed by atoms with E-state index >= 15 is 0 Å². The van der Waals surface area contributed by atoms with Crippen molar-refractivity contribution in [1.29, 1.82) is 0 Å². The van der Waals surface area contributed by atoms with E-state index in [1.165, 1.54) is 16.4 Å². The van der Waals surface area contributed by atoms with E-state index in [1.807, 2.05) is 0 Å². The van der Waals surface area contributed by atoms with Crippen LogP contribution in [0.4, 0.5) is 10.5 Å². The van der Waals surface area contributed by atoms with Gasteiger partial charge in [0.05, 0.1) is 12.0 Å². The zero-order valence-electron chi connectivity index (χ0n) is 14.8. The first-order valence-corrected chi connectivity index (χ1v) is 10.2. The minimum atomic E-state index is -3.60. The third kappa shape index (κ3) is 4.52. The average molecular weight is 410 g/mol. The predicted octanol–water partition coefficient (Wildman–Crippen LogP) is 2.89. The first-order chi connectivity index (χ1) is 12.9. The first-order valence-electron chi connectivity index (χ1n) is 8.36. The smallest absolute Gasteiger partial charge is 0.321 e. The van der Waals surface area contributed by atoms with Crippen molar-refractivity contribution in [2.45, 2.75) is 4.90 Å². The second kappa shape index (κ2) is 8.16. The summed E-state index contributed by atoms with van der Waals surface area (Å²) in [6, 6.07) is 12.9. The maximum absolute atomic E-state index is 12.7. The van der Waals surface area contributed by atoms with Crippen LogP contribution in [0.25, 0.3) is 0 Å². The molecule has 7 nitrogen and oxygen atoms in total. The molecule has 0 bridgehead atoms. The fraction of sp³-hybridized carbons (Fsp3) is 0.278. The van der Waals surface area contributed by atoms with Crippen molar-refractivity contribution < 1.29 is 17.9 Å². The number of carbonyl (C=O) groups excluding carboxylic acids is 1. The van der Waals surface area contributed by atoms with Gasteiger partial charge in [-0.3, -0.25) is 0 Å². The number of urea groups is 1. The molecule has 9 heteroatoms. The number of benzene rings is 2. The molecule has 1 aliphatic heterocycles. The Labute approximate surface area is 163 Å². The molecule has 0 unspecified atom stereocenters. The Bertz CT molecular complexity index is 910. The van der Waals surface area contributed by atoms with E-state index in [2.05, 4.69) is 5.32 Å². The average Bonchev–Trinajstić information content (AvgIpc) is 2.68. The molecule has 0 radical (unpaired) electrons. The number of hydrogen-bond acceptors (Lipinski definition) is 4. The van der Waals surface area contributed by atoms with Gasteiger partial charge in [-0.15, -0.1) is 0 Å². The number of piperazine rings is 1. The summed E-state index contributed by atoms with van der Waals surface area (Å²) in [6.45, 7) is 1.08. The van der Waals surface area contributed by atoms with Gasteiger partial charge in [-0.1, -0.05) is 17.7 Å². The minimum Gasteiger partial charge on any atom is -0.497 e. The van der Waals surface area contributed by atoms with Crippen LogP contribution in [0.1, 0.15) is 0 Å². The number of sulfonamides is 1. The molecule has 3 rings (SSSR count). The zero-order valence-corrected chi connectivity index (χ0v) is 16.3. The number of carbonyl (C=O) groups is 1. The van der Waals surface area contributed by atoms with Crippen LogP contribution >= 0.6 is 11.6 Å². The molecule has 0 aliphatic carbocycles. The third-order valence-corrected chi connectivity index (χ3v) is 6.46.